The fourth-order valence-electron chi connectivity index (χ4n) is 1.06. The van der Waals surface area contributed by atoms with Crippen molar-refractivity contribution in [1.29, 1.82) is 0 Å². The summed E-state index contributed by atoms with van der Waals surface area (Å²) in [7, 11) is -2.62. The minimum absolute atomic E-state index is 0.141. The summed E-state index contributed by atoms with van der Waals surface area (Å²) >= 11 is 0. The number of aliphatic hydroxyl groups is 6. The van der Waals surface area contributed by atoms with Crippen molar-refractivity contribution in [3.05, 3.63) is 0 Å². The predicted octanol–water partition coefficient (Wildman–Crippen LogP) is -3.88. The summed E-state index contributed by atoms with van der Waals surface area (Å²) in [6, 6.07) is 0. The van der Waals surface area contributed by atoms with Gasteiger partial charge in [0, 0.05) is 0 Å². The van der Waals surface area contributed by atoms with Crippen molar-refractivity contribution in [2.45, 2.75) is 0 Å². The third-order valence-electron chi connectivity index (χ3n) is 2.83. The summed E-state index contributed by atoms with van der Waals surface area (Å²) in [5.74, 6) is 0. The molecule has 0 aromatic rings. The number of aliphatic hydroxyl groups excluding tert-OH is 6. The molecular weight excluding hydrogens is 311 g/mol. The van der Waals surface area contributed by atoms with Crippen LogP contribution in [0.25, 0.3) is 0 Å². The molecule has 0 aliphatic carbocycles. The topological polar surface area (TPSA) is 191 Å². The van der Waals surface area contributed by atoms with Gasteiger partial charge in [-0.2, -0.15) is 0 Å². The predicted molar refractivity (Wildman–Crippen MR) is 71.8 cm³/mol. The van der Waals surface area contributed by atoms with Crippen LogP contribution in [0.2, 0.25) is 0 Å². The zero-order valence-electron chi connectivity index (χ0n) is 11.5. The summed E-state index contributed by atoms with van der Waals surface area (Å²) in [5.41, 5.74) is -2.32. The van der Waals surface area contributed by atoms with Crippen LogP contribution in [-0.2, 0) is 4.74 Å². The van der Waals surface area contributed by atoms with E-state index in [1.807, 2.05) is 0 Å². The van der Waals surface area contributed by atoms with Gasteiger partial charge in [0.25, 0.3) is 0 Å². The van der Waals surface area contributed by atoms with Crippen molar-refractivity contribution < 1.29 is 50.1 Å². The molecule has 0 amide bonds. The Balaban J connectivity index is 0. The third kappa shape index (κ3) is 9.61. The van der Waals surface area contributed by atoms with Crippen LogP contribution in [-0.4, -0.2) is 98.2 Å². The molecule has 0 saturated carbocycles. The number of hydrogen-bond donors (Lipinski definition) is 9. The zero-order valence-corrected chi connectivity index (χ0v) is 12.4. The second kappa shape index (κ2) is 12.6. The van der Waals surface area contributed by atoms with Crippen molar-refractivity contribution in [1.82, 2.24) is 0 Å². The van der Waals surface area contributed by atoms with Crippen LogP contribution in [0.1, 0.15) is 0 Å². The van der Waals surface area contributed by atoms with Crippen molar-refractivity contribution in [3.63, 3.8) is 0 Å². The maximum atomic E-state index is 9.03. The van der Waals surface area contributed by atoms with Crippen LogP contribution in [0, 0.1) is 10.8 Å². The van der Waals surface area contributed by atoms with E-state index in [1.165, 1.54) is 0 Å². The van der Waals surface area contributed by atoms with Gasteiger partial charge in [-0.15, -0.1) is 0 Å². The van der Waals surface area contributed by atoms with E-state index >= 15 is 0 Å². The van der Waals surface area contributed by atoms with Crippen molar-refractivity contribution in [2.75, 3.05) is 52.9 Å². The Bertz CT molecular complexity index is 193. The first-order valence-electron chi connectivity index (χ1n) is 5.90. The first kappa shape index (κ1) is 23.3. The summed E-state index contributed by atoms with van der Waals surface area (Å²) < 4.78 is 5.15. The summed E-state index contributed by atoms with van der Waals surface area (Å²) in [5, 5.41) is 54.2. The Morgan fingerprint density at radius 1 is 0.571 bits per heavy atom. The second-order valence-corrected chi connectivity index (χ2v) is 5.25. The SMILES string of the molecule is OCC(CO)(CO)COCC(CO)(CO)CO.OP(O)O. The molecule has 0 bridgehead atoms. The van der Waals surface area contributed by atoms with Crippen LogP contribution in [0.3, 0.4) is 0 Å². The maximum Gasteiger partial charge on any atom is 0.324 e. The van der Waals surface area contributed by atoms with E-state index in [9.17, 15) is 0 Å². The van der Waals surface area contributed by atoms with E-state index in [0.29, 0.717) is 0 Å². The van der Waals surface area contributed by atoms with Gasteiger partial charge in [-0.05, 0) is 0 Å². The first-order chi connectivity index (χ1) is 9.80. The quantitative estimate of drug-likeness (QED) is 0.178. The molecule has 0 saturated heterocycles. The molecule has 0 aliphatic heterocycles. The van der Waals surface area contributed by atoms with Gasteiger partial charge in [-0.3, -0.25) is 0 Å². The highest BCUT2D eigenvalue weighted by Crippen LogP contribution is 2.19. The number of hydrogen-bond acceptors (Lipinski definition) is 10. The standard InChI is InChI=1S/C10H22O7.H3O3P/c11-1-9(2-12,3-13)7-17-8-10(4-14,5-15)6-16;1-4(2)3/h11-16H,1-8H2;1-3H. The normalized spacial score (nSPS) is 12.3. The summed E-state index contributed by atoms with van der Waals surface area (Å²) in [4.78, 5) is 21.7. The van der Waals surface area contributed by atoms with Gasteiger partial charge >= 0.3 is 8.60 Å². The highest BCUT2D eigenvalue weighted by atomic mass is 31.2. The van der Waals surface area contributed by atoms with Crippen LogP contribution in [0.5, 0.6) is 0 Å². The molecule has 0 atom stereocenters. The van der Waals surface area contributed by atoms with E-state index in [2.05, 4.69) is 0 Å². The van der Waals surface area contributed by atoms with Gasteiger partial charge < -0.3 is 50.1 Å². The van der Waals surface area contributed by atoms with E-state index in [0.717, 1.165) is 0 Å². The molecule has 0 aliphatic rings. The van der Waals surface area contributed by atoms with Gasteiger partial charge in [0.15, 0.2) is 0 Å². The molecule has 0 unspecified atom stereocenters. The van der Waals surface area contributed by atoms with Crippen molar-refractivity contribution in [3.8, 4) is 0 Å². The molecule has 130 valence electrons. The highest BCUT2D eigenvalue weighted by Gasteiger charge is 2.32. The van der Waals surface area contributed by atoms with Crippen molar-refractivity contribution in [2.24, 2.45) is 10.8 Å². The molecule has 0 aromatic heterocycles. The smallest absolute Gasteiger partial charge is 0.324 e. The monoisotopic (exact) mass is 336 g/mol. The largest absolute Gasteiger partial charge is 0.396 e. The lowest BCUT2D eigenvalue weighted by atomic mass is 9.91. The lowest BCUT2D eigenvalue weighted by Crippen LogP contribution is -2.43. The fourth-order valence-corrected chi connectivity index (χ4v) is 1.06. The molecule has 0 rings (SSSR count). The molecule has 0 radical (unpaired) electrons. The average Bonchev–Trinajstić information content (AvgIpc) is 2.48. The van der Waals surface area contributed by atoms with Gasteiger partial charge in [0.2, 0.25) is 0 Å². The Morgan fingerprint density at radius 3 is 0.905 bits per heavy atom. The van der Waals surface area contributed by atoms with E-state index < -0.39 is 59.1 Å². The van der Waals surface area contributed by atoms with Crippen LogP contribution >= 0.6 is 8.60 Å². The molecule has 9 N–H and O–H groups in total. The minimum Gasteiger partial charge on any atom is -0.396 e. The van der Waals surface area contributed by atoms with Gasteiger partial charge in [-0.1, -0.05) is 0 Å². The third-order valence-corrected chi connectivity index (χ3v) is 2.83. The lowest BCUT2D eigenvalue weighted by Gasteiger charge is -2.31. The summed E-state index contributed by atoms with van der Waals surface area (Å²) in [6.07, 6.45) is 0. The number of ether oxygens (including phenoxy) is 1. The van der Waals surface area contributed by atoms with Crippen LogP contribution < -0.4 is 0 Å². The summed E-state index contributed by atoms with van der Waals surface area (Å²) in [6.45, 7) is -3.01. The van der Waals surface area contributed by atoms with Crippen molar-refractivity contribution >= 4 is 8.60 Å². The van der Waals surface area contributed by atoms with E-state index in [1.54, 1.807) is 0 Å². The first-order valence-corrected chi connectivity index (χ1v) is 7.10. The highest BCUT2D eigenvalue weighted by molar-refractivity contribution is 7.38. The van der Waals surface area contributed by atoms with E-state index in [-0.39, 0.29) is 13.2 Å². The Kier molecular flexibility index (Phi) is 13.9. The molecular formula is C10H25O10P. The Labute approximate surface area is 123 Å². The second-order valence-electron chi connectivity index (χ2n) is 4.71. The average molecular weight is 336 g/mol. The zero-order chi connectivity index (χ0) is 16.9. The molecule has 21 heavy (non-hydrogen) atoms. The maximum absolute atomic E-state index is 9.03. The van der Waals surface area contributed by atoms with Crippen LogP contribution in [0.15, 0.2) is 0 Å². The van der Waals surface area contributed by atoms with Gasteiger partial charge in [-0.25, -0.2) is 0 Å². The molecule has 0 spiro atoms. The molecule has 10 nitrogen and oxygen atoms in total. The Morgan fingerprint density at radius 2 is 0.762 bits per heavy atom. The van der Waals surface area contributed by atoms with Gasteiger partial charge in [0.05, 0.1) is 63.7 Å². The molecule has 0 heterocycles. The molecule has 0 fully saturated rings. The molecule has 0 aromatic carbocycles. The fraction of sp³-hybridized carbons (Fsp3) is 1.00. The van der Waals surface area contributed by atoms with Gasteiger partial charge in [0.1, 0.15) is 0 Å². The van der Waals surface area contributed by atoms with E-state index in [4.69, 9.17) is 50.1 Å². The lowest BCUT2D eigenvalue weighted by molar-refractivity contribution is -0.103. The Hall–Kier alpha value is 0.0300. The number of rotatable bonds is 10. The van der Waals surface area contributed by atoms with Crippen LogP contribution in [0.4, 0.5) is 0 Å². The molecule has 11 heteroatoms. The minimum atomic E-state index is -2.62.